The average Bonchev–Trinajstić information content (AvgIpc) is 3.52. The Balaban J connectivity index is 1.57. The van der Waals surface area contributed by atoms with E-state index in [9.17, 15) is 4.79 Å². The van der Waals surface area contributed by atoms with Crippen LogP contribution in [0.3, 0.4) is 0 Å². The smallest absolute Gasteiger partial charge is 0.223 e. The van der Waals surface area contributed by atoms with Gasteiger partial charge in [0.15, 0.2) is 11.0 Å². The summed E-state index contributed by atoms with van der Waals surface area (Å²) in [5, 5.41) is 12.5. The summed E-state index contributed by atoms with van der Waals surface area (Å²) in [5.41, 5.74) is 2.16. The fraction of sp³-hybridized carbons (Fsp3) is 0.286. The Kier molecular flexibility index (Phi) is 5.62. The lowest BCUT2D eigenvalue weighted by molar-refractivity contribution is -0.122. The summed E-state index contributed by atoms with van der Waals surface area (Å²) in [6.45, 7) is 0.361. The van der Waals surface area contributed by atoms with Crippen LogP contribution in [0.1, 0.15) is 24.2 Å². The number of benzene rings is 2. The molecule has 0 saturated heterocycles. The molecule has 1 aliphatic carbocycles. The minimum atomic E-state index is 0.0998. The van der Waals surface area contributed by atoms with Gasteiger partial charge < -0.3 is 10.1 Å². The molecule has 0 atom stereocenters. The zero-order chi connectivity index (χ0) is 19.3. The van der Waals surface area contributed by atoms with Crippen molar-refractivity contribution in [1.82, 2.24) is 20.1 Å². The Hall–Kier alpha value is -2.80. The molecular formula is C21H22N4O2S. The minimum Gasteiger partial charge on any atom is -0.497 e. The molecule has 0 spiro atoms. The van der Waals surface area contributed by atoms with Crippen LogP contribution in [-0.4, -0.2) is 27.8 Å². The largest absolute Gasteiger partial charge is 0.497 e. The number of hydrogen-bond acceptors (Lipinski definition) is 5. The Labute approximate surface area is 168 Å². The van der Waals surface area contributed by atoms with Crippen LogP contribution >= 0.6 is 11.8 Å². The number of ether oxygens (including phenoxy) is 1. The lowest BCUT2D eigenvalue weighted by Gasteiger charge is -2.11. The number of thioether (sulfide) groups is 1. The van der Waals surface area contributed by atoms with E-state index >= 15 is 0 Å². The van der Waals surface area contributed by atoms with E-state index in [1.54, 1.807) is 18.9 Å². The molecule has 0 radical (unpaired) electrons. The Morgan fingerprint density at radius 3 is 2.57 bits per heavy atom. The molecule has 144 valence electrons. The van der Waals surface area contributed by atoms with Crippen molar-refractivity contribution in [3.63, 3.8) is 0 Å². The first-order valence-corrected chi connectivity index (χ1v) is 10.3. The van der Waals surface area contributed by atoms with Crippen molar-refractivity contribution in [2.24, 2.45) is 5.92 Å². The molecule has 3 aromatic rings. The van der Waals surface area contributed by atoms with Gasteiger partial charge in [0, 0.05) is 17.4 Å². The third-order valence-electron chi connectivity index (χ3n) is 4.61. The van der Waals surface area contributed by atoms with Crippen molar-refractivity contribution < 1.29 is 9.53 Å². The van der Waals surface area contributed by atoms with Crippen LogP contribution in [-0.2, 0) is 17.1 Å². The topological polar surface area (TPSA) is 69.0 Å². The second kappa shape index (κ2) is 8.48. The lowest BCUT2D eigenvalue weighted by atomic mass is 10.2. The van der Waals surface area contributed by atoms with Crippen LogP contribution in [0.15, 0.2) is 59.8 Å². The van der Waals surface area contributed by atoms with E-state index < -0.39 is 0 Å². The molecule has 4 rings (SSSR count). The van der Waals surface area contributed by atoms with Gasteiger partial charge in [-0.25, -0.2) is 0 Å². The van der Waals surface area contributed by atoms with Gasteiger partial charge >= 0.3 is 0 Å². The number of methoxy groups -OCH3 is 1. The van der Waals surface area contributed by atoms with Crippen molar-refractivity contribution in [2.75, 3.05) is 7.11 Å². The summed E-state index contributed by atoms with van der Waals surface area (Å²) < 4.78 is 7.26. The van der Waals surface area contributed by atoms with Gasteiger partial charge in [0.25, 0.3) is 0 Å². The second-order valence-electron chi connectivity index (χ2n) is 6.70. The van der Waals surface area contributed by atoms with Crippen LogP contribution in [0.25, 0.3) is 5.69 Å². The highest BCUT2D eigenvalue weighted by atomic mass is 32.2. The van der Waals surface area contributed by atoms with Gasteiger partial charge in [-0.05, 0) is 42.7 Å². The normalized spacial score (nSPS) is 13.3. The van der Waals surface area contributed by atoms with E-state index in [2.05, 4.69) is 27.6 Å². The molecule has 1 fully saturated rings. The van der Waals surface area contributed by atoms with Gasteiger partial charge in [-0.2, -0.15) is 0 Å². The highest BCUT2D eigenvalue weighted by molar-refractivity contribution is 7.98. The average molecular weight is 395 g/mol. The van der Waals surface area contributed by atoms with Gasteiger partial charge in [-0.3, -0.25) is 9.36 Å². The van der Waals surface area contributed by atoms with Crippen LogP contribution in [0, 0.1) is 5.92 Å². The van der Waals surface area contributed by atoms with Crippen LogP contribution in [0.4, 0.5) is 0 Å². The number of aromatic nitrogens is 3. The third-order valence-corrected chi connectivity index (χ3v) is 5.61. The summed E-state index contributed by atoms with van der Waals surface area (Å²) >= 11 is 1.62. The van der Waals surface area contributed by atoms with Crippen molar-refractivity contribution >= 4 is 17.7 Å². The van der Waals surface area contributed by atoms with Crippen LogP contribution in [0.2, 0.25) is 0 Å². The predicted octanol–water partition coefficient (Wildman–Crippen LogP) is 3.59. The predicted molar refractivity (Wildman–Crippen MR) is 108 cm³/mol. The van der Waals surface area contributed by atoms with Gasteiger partial charge in [0.2, 0.25) is 5.91 Å². The standard InChI is InChI=1S/C21H22N4O2S/c1-27-18-11-9-17(10-12-18)25-19(13-22-20(26)16-7-8-16)23-24-21(25)28-14-15-5-3-2-4-6-15/h2-6,9-12,16H,7-8,13-14H2,1H3,(H,22,26). The molecule has 1 N–H and O–H groups in total. The molecule has 1 amide bonds. The Morgan fingerprint density at radius 2 is 1.89 bits per heavy atom. The number of carbonyl (C=O) groups excluding carboxylic acids is 1. The maximum absolute atomic E-state index is 12.0. The van der Waals surface area contributed by atoms with E-state index in [4.69, 9.17) is 4.74 Å². The maximum atomic E-state index is 12.0. The first-order valence-electron chi connectivity index (χ1n) is 9.28. The number of hydrogen-bond donors (Lipinski definition) is 1. The number of rotatable bonds is 8. The summed E-state index contributed by atoms with van der Waals surface area (Å²) in [5.74, 6) is 2.57. The van der Waals surface area contributed by atoms with Crippen molar-refractivity contribution in [3.05, 3.63) is 66.0 Å². The van der Waals surface area contributed by atoms with Crippen molar-refractivity contribution in [3.8, 4) is 11.4 Å². The fourth-order valence-electron chi connectivity index (χ4n) is 2.88. The molecule has 1 heterocycles. The van der Waals surface area contributed by atoms with Gasteiger partial charge in [0.1, 0.15) is 5.75 Å². The quantitative estimate of drug-likeness (QED) is 0.591. The van der Waals surface area contributed by atoms with Gasteiger partial charge in [-0.15, -0.1) is 10.2 Å². The number of amides is 1. The second-order valence-corrected chi connectivity index (χ2v) is 7.64. The van der Waals surface area contributed by atoms with Crippen molar-refractivity contribution in [1.29, 1.82) is 0 Å². The third kappa shape index (κ3) is 4.36. The molecule has 28 heavy (non-hydrogen) atoms. The van der Waals surface area contributed by atoms with Gasteiger partial charge in [-0.1, -0.05) is 42.1 Å². The molecule has 1 saturated carbocycles. The van der Waals surface area contributed by atoms with Crippen LogP contribution in [0.5, 0.6) is 5.75 Å². The first kappa shape index (κ1) is 18.6. The summed E-state index contributed by atoms with van der Waals surface area (Å²) in [7, 11) is 1.65. The monoisotopic (exact) mass is 394 g/mol. The van der Waals surface area contributed by atoms with Crippen LogP contribution < -0.4 is 10.1 Å². The van der Waals surface area contributed by atoms with E-state index in [1.165, 1.54) is 5.56 Å². The lowest BCUT2D eigenvalue weighted by Crippen LogP contribution is -2.25. The number of carbonyl (C=O) groups is 1. The molecule has 0 bridgehead atoms. The molecule has 1 aliphatic rings. The van der Waals surface area contributed by atoms with E-state index in [-0.39, 0.29) is 11.8 Å². The van der Waals surface area contributed by atoms with Crippen molar-refractivity contribution in [2.45, 2.75) is 30.3 Å². The number of nitrogens with one attached hydrogen (secondary N) is 1. The maximum Gasteiger partial charge on any atom is 0.223 e. The summed E-state index contributed by atoms with van der Waals surface area (Å²) in [4.78, 5) is 12.0. The number of nitrogens with zero attached hydrogens (tertiary/aromatic N) is 3. The molecular weight excluding hydrogens is 372 g/mol. The first-order chi connectivity index (χ1) is 13.7. The molecule has 7 heteroatoms. The summed E-state index contributed by atoms with van der Waals surface area (Å²) in [6.07, 6.45) is 1.96. The highest BCUT2D eigenvalue weighted by Gasteiger charge is 2.29. The minimum absolute atomic E-state index is 0.0998. The van der Waals surface area contributed by atoms with E-state index in [1.807, 2.05) is 47.0 Å². The van der Waals surface area contributed by atoms with Gasteiger partial charge in [0.05, 0.1) is 13.7 Å². The zero-order valence-electron chi connectivity index (χ0n) is 15.7. The zero-order valence-corrected chi connectivity index (χ0v) is 16.5. The molecule has 0 unspecified atom stereocenters. The highest BCUT2D eigenvalue weighted by Crippen LogP contribution is 2.29. The summed E-state index contributed by atoms with van der Waals surface area (Å²) in [6, 6.07) is 18.0. The molecule has 0 aliphatic heterocycles. The Bertz CT molecular complexity index is 937. The SMILES string of the molecule is COc1ccc(-n2c(CNC(=O)C3CC3)nnc2SCc2ccccc2)cc1. The Morgan fingerprint density at radius 1 is 1.14 bits per heavy atom. The van der Waals surface area contributed by atoms with E-state index in [0.717, 1.165) is 41.0 Å². The molecule has 6 nitrogen and oxygen atoms in total. The fourth-order valence-corrected chi connectivity index (χ4v) is 3.80. The molecule has 1 aromatic heterocycles. The molecule has 2 aromatic carbocycles. The van der Waals surface area contributed by atoms with E-state index in [0.29, 0.717) is 6.54 Å².